The van der Waals surface area contributed by atoms with Crippen molar-refractivity contribution in [3.05, 3.63) is 29.8 Å². The van der Waals surface area contributed by atoms with Crippen LogP contribution in [0.2, 0.25) is 0 Å². The van der Waals surface area contributed by atoms with Crippen LogP contribution in [-0.2, 0) is 0 Å². The van der Waals surface area contributed by atoms with Crippen molar-refractivity contribution < 1.29 is 0 Å². The van der Waals surface area contributed by atoms with Crippen molar-refractivity contribution in [2.75, 3.05) is 57.8 Å². The molecular weight excluding hydrogens is 236 g/mol. The molecule has 2 saturated heterocycles. The summed E-state index contributed by atoms with van der Waals surface area (Å²) in [6.07, 6.45) is 0. The molecule has 1 atom stereocenters. The number of hydrogen-bond donors (Lipinski definition) is 2. The van der Waals surface area contributed by atoms with Crippen LogP contribution >= 0.6 is 0 Å². The summed E-state index contributed by atoms with van der Waals surface area (Å²) in [7, 11) is 2.20. The Labute approximate surface area is 115 Å². The van der Waals surface area contributed by atoms with Gasteiger partial charge in [-0.2, -0.15) is 0 Å². The summed E-state index contributed by atoms with van der Waals surface area (Å²) >= 11 is 0. The Kier molecular flexibility index (Phi) is 4.01. The third kappa shape index (κ3) is 3.08. The van der Waals surface area contributed by atoms with Crippen LogP contribution in [0.15, 0.2) is 24.3 Å². The number of hydrogen-bond acceptors (Lipinski definition) is 4. The van der Waals surface area contributed by atoms with Crippen LogP contribution in [0.4, 0.5) is 5.69 Å². The van der Waals surface area contributed by atoms with E-state index in [0.29, 0.717) is 6.04 Å². The quantitative estimate of drug-likeness (QED) is 0.818. The number of nitrogens with one attached hydrogen (secondary N) is 2. The Morgan fingerprint density at radius 3 is 2.37 bits per heavy atom. The first-order valence-electron chi connectivity index (χ1n) is 7.30. The van der Waals surface area contributed by atoms with E-state index in [1.165, 1.54) is 11.3 Å². The maximum atomic E-state index is 3.56. The fourth-order valence-electron chi connectivity index (χ4n) is 2.87. The Balaban J connectivity index is 1.65. The highest BCUT2D eigenvalue weighted by Gasteiger charge is 2.16. The lowest BCUT2D eigenvalue weighted by Gasteiger charge is -2.34. The minimum Gasteiger partial charge on any atom is -0.369 e. The van der Waals surface area contributed by atoms with Gasteiger partial charge in [0.1, 0.15) is 0 Å². The standard InChI is InChI=1S/C15H24N4/c1-18-8-10-19(11-9-18)14-4-2-13(3-5-14)15-12-16-6-7-17-15/h2-5,15-17H,6-12H2,1H3/t15-/m1/s1. The Morgan fingerprint density at radius 1 is 1.00 bits per heavy atom. The molecule has 2 N–H and O–H groups in total. The van der Waals surface area contributed by atoms with E-state index in [-0.39, 0.29) is 0 Å². The van der Waals surface area contributed by atoms with E-state index in [1.54, 1.807) is 0 Å². The third-order valence-electron chi connectivity index (χ3n) is 4.20. The molecule has 2 aliphatic heterocycles. The van der Waals surface area contributed by atoms with E-state index in [9.17, 15) is 0 Å². The average Bonchev–Trinajstić information content (AvgIpc) is 2.49. The lowest BCUT2D eigenvalue weighted by Crippen LogP contribution is -2.44. The number of benzene rings is 1. The van der Waals surface area contributed by atoms with Gasteiger partial charge in [-0.1, -0.05) is 12.1 Å². The largest absolute Gasteiger partial charge is 0.369 e. The van der Waals surface area contributed by atoms with Crippen LogP contribution in [0, 0.1) is 0 Å². The molecule has 0 aliphatic carbocycles. The van der Waals surface area contributed by atoms with Gasteiger partial charge in [-0.25, -0.2) is 0 Å². The molecule has 2 fully saturated rings. The average molecular weight is 260 g/mol. The molecule has 4 nitrogen and oxygen atoms in total. The molecule has 0 bridgehead atoms. The van der Waals surface area contributed by atoms with Gasteiger partial charge >= 0.3 is 0 Å². The third-order valence-corrected chi connectivity index (χ3v) is 4.20. The number of likely N-dealkylation sites (N-methyl/N-ethyl adjacent to an activating group) is 1. The van der Waals surface area contributed by atoms with E-state index in [4.69, 9.17) is 0 Å². The Hall–Kier alpha value is -1.10. The highest BCUT2D eigenvalue weighted by atomic mass is 15.2. The Bertz CT molecular complexity index is 389. The summed E-state index contributed by atoms with van der Waals surface area (Å²) in [4.78, 5) is 4.87. The second-order valence-corrected chi connectivity index (χ2v) is 5.59. The fourth-order valence-corrected chi connectivity index (χ4v) is 2.87. The minimum atomic E-state index is 0.468. The van der Waals surface area contributed by atoms with Crippen LogP contribution < -0.4 is 15.5 Å². The zero-order valence-corrected chi connectivity index (χ0v) is 11.7. The van der Waals surface area contributed by atoms with Crippen molar-refractivity contribution >= 4 is 5.69 Å². The van der Waals surface area contributed by atoms with Gasteiger partial charge in [-0.3, -0.25) is 0 Å². The highest BCUT2D eigenvalue weighted by Crippen LogP contribution is 2.20. The van der Waals surface area contributed by atoms with Gasteiger partial charge in [0.05, 0.1) is 0 Å². The summed E-state index contributed by atoms with van der Waals surface area (Å²) in [5, 5.41) is 7.00. The van der Waals surface area contributed by atoms with Crippen LogP contribution in [0.5, 0.6) is 0 Å². The van der Waals surface area contributed by atoms with E-state index in [2.05, 4.69) is 51.7 Å². The molecule has 2 heterocycles. The molecule has 2 aliphatic rings. The molecular formula is C15H24N4. The van der Waals surface area contributed by atoms with Gasteiger partial charge in [0.2, 0.25) is 0 Å². The lowest BCUT2D eigenvalue weighted by atomic mass is 10.0. The maximum absolute atomic E-state index is 3.56. The summed E-state index contributed by atoms with van der Waals surface area (Å²) in [6, 6.07) is 9.57. The molecule has 3 rings (SSSR count). The van der Waals surface area contributed by atoms with Crippen LogP contribution in [0.1, 0.15) is 11.6 Å². The topological polar surface area (TPSA) is 30.5 Å². The molecule has 0 saturated carbocycles. The van der Waals surface area contributed by atoms with Gasteiger partial charge in [0, 0.05) is 57.5 Å². The first-order valence-corrected chi connectivity index (χ1v) is 7.30. The predicted molar refractivity (Wildman–Crippen MR) is 79.8 cm³/mol. The van der Waals surface area contributed by atoms with E-state index >= 15 is 0 Å². The van der Waals surface area contributed by atoms with Gasteiger partial charge in [0.25, 0.3) is 0 Å². The SMILES string of the molecule is CN1CCN(c2ccc([C@H]3CNCCN3)cc2)CC1. The molecule has 0 spiro atoms. The number of anilines is 1. The maximum Gasteiger partial charge on any atom is 0.0447 e. The molecule has 1 aromatic carbocycles. The van der Waals surface area contributed by atoms with E-state index < -0.39 is 0 Å². The highest BCUT2D eigenvalue weighted by molar-refractivity contribution is 5.48. The fraction of sp³-hybridized carbons (Fsp3) is 0.600. The minimum absolute atomic E-state index is 0.468. The van der Waals surface area contributed by atoms with E-state index in [0.717, 1.165) is 45.8 Å². The number of nitrogens with zero attached hydrogens (tertiary/aromatic N) is 2. The van der Waals surface area contributed by atoms with Gasteiger partial charge < -0.3 is 20.4 Å². The van der Waals surface area contributed by atoms with Gasteiger partial charge in [-0.05, 0) is 24.7 Å². The number of piperazine rings is 2. The smallest absolute Gasteiger partial charge is 0.0447 e. The summed E-state index contributed by atoms with van der Waals surface area (Å²) in [5.74, 6) is 0. The second kappa shape index (κ2) is 5.90. The van der Waals surface area contributed by atoms with Crippen LogP contribution in [0.3, 0.4) is 0 Å². The molecule has 0 unspecified atom stereocenters. The zero-order chi connectivity index (χ0) is 13.1. The molecule has 0 amide bonds. The Morgan fingerprint density at radius 2 is 1.74 bits per heavy atom. The number of rotatable bonds is 2. The van der Waals surface area contributed by atoms with Crippen molar-refractivity contribution in [2.45, 2.75) is 6.04 Å². The molecule has 1 aromatic rings. The van der Waals surface area contributed by atoms with Crippen molar-refractivity contribution in [1.29, 1.82) is 0 Å². The normalized spacial score (nSPS) is 25.5. The lowest BCUT2D eigenvalue weighted by molar-refractivity contribution is 0.313. The van der Waals surface area contributed by atoms with Gasteiger partial charge in [-0.15, -0.1) is 0 Å². The van der Waals surface area contributed by atoms with Crippen molar-refractivity contribution in [1.82, 2.24) is 15.5 Å². The molecule has 104 valence electrons. The van der Waals surface area contributed by atoms with Crippen molar-refractivity contribution in [3.8, 4) is 0 Å². The first kappa shape index (κ1) is 12.9. The van der Waals surface area contributed by atoms with Crippen LogP contribution in [0.25, 0.3) is 0 Å². The molecule has 19 heavy (non-hydrogen) atoms. The van der Waals surface area contributed by atoms with Crippen LogP contribution in [-0.4, -0.2) is 57.8 Å². The molecule has 0 radical (unpaired) electrons. The van der Waals surface area contributed by atoms with Crippen molar-refractivity contribution in [3.63, 3.8) is 0 Å². The predicted octanol–water partition coefficient (Wildman–Crippen LogP) is 0.672. The second-order valence-electron chi connectivity index (χ2n) is 5.59. The summed E-state index contributed by atoms with van der Waals surface area (Å²) in [5.41, 5.74) is 2.76. The van der Waals surface area contributed by atoms with Gasteiger partial charge in [0.15, 0.2) is 0 Å². The molecule has 0 aromatic heterocycles. The summed E-state index contributed by atoms with van der Waals surface area (Å²) in [6.45, 7) is 7.78. The van der Waals surface area contributed by atoms with E-state index in [1.807, 2.05) is 0 Å². The zero-order valence-electron chi connectivity index (χ0n) is 11.7. The summed E-state index contributed by atoms with van der Waals surface area (Å²) < 4.78 is 0. The first-order chi connectivity index (χ1) is 9.33. The monoisotopic (exact) mass is 260 g/mol. The molecule has 4 heteroatoms. The van der Waals surface area contributed by atoms with Crippen molar-refractivity contribution in [2.24, 2.45) is 0 Å².